The van der Waals surface area contributed by atoms with E-state index in [0.717, 1.165) is 23.9 Å². The first-order valence-corrected chi connectivity index (χ1v) is 13.7. The highest BCUT2D eigenvalue weighted by Gasteiger charge is 2.31. The van der Waals surface area contributed by atoms with Crippen LogP contribution in [0.15, 0.2) is 34.0 Å². The quantitative estimate of drug-likeness (QED) is 0.581. The van der Waals surface area contributed by atoms with Gasteiger partial charge in [-0.15, -0.1) is 0 Å². The SMILES string of the molecule is O=C(Cn1nc2n(c1=O)CCCCC2)Nc1ccc(S(=O)(=O)NC2CCS(=O)(=O)C2)cc1. The number of aryl methyl sites for hydroxylation is 1. The normalized spacial score (nSPS) is 20.4. The molecule has 13 heteroatoms. The summed E-state index contributed by atoms with van der Waals surface area (Å²) in [5, 5.41) is 6.90. The molecule has 0 bridgehead atoms. The lowest BCUT2D eigenvalue weighted by molar-refractivity contribution is -0.117. The van der Waals surface area contributed by atoms with Crippen LogP contribution in [-0.4, -0.2) is 54.6 Å². The summed E-state index contributed by atoms with van der Waals surface area (Å²) in [4.78, 5) is 24.8. The van der Waals surface area contributed by atoms with Crippen molar-refractivity contribution in [2.24, 2.45) is 0 Å². The number of fused-ring (bicyclic) bond motifs is 1. The Balaban J connectivity index is 1.38. The molecule has 2 aromatic rings. The molecule has 174 valence electrons. The molecule has 2 aliphatic rings. The van der Waals surface area contributed by atoms with Crippen LogP contribution in [0.1, 0.15) is 31.5 Å². The number of aromatic nitrogens is 3. The molecule has 1 amide bonds. The summed E-state index contributed by atoms with van der Waals surface area (Å²) >= 11 is 0. The van der Waals surface area contributed by atoms with E-state index < -0.39 is 31.8 Å². The van der Waals surface area contributed by atoms with Crippen LogP contribution in [0, 0.1) is 0 Å². The van der Waals surface area contributed by atoms with Crippen molar-refractivity contribution in [2.75, 3.05) is 16.8 Å². The van der Waals surface area contributed by atoms with Crippen molar-refractivity contribution in [1.29, 1.82) is 0 Å². The minimum atomic E-state index is -3.88. The predicted molar refractivity (Wildman–Crippen MR) is 116 cm³/mol. The molecule has 0 aliphatic carbocycles. The zero-order valence-electron chi connectivity index (χ0n) is 17.4. The molecule has 4 rings (SSSR count). The van der Waals surface area contributed by atoms with Crippen LogP contribution in [0.5, 0.6) is 0 Å². The number of hydrogen-bond acceptors (Lipinski definition) is 7. The molecule has 1 aromatic carbocycles. The lowest BCUT2D eigenvalue weighted by atomic mass is 10.2. The number of sulfonamides is 1. The highest BCUT2D eigenvalue weighted by molar-refractivity contribution is 7.92. The minimum Gasteiger partial charge on any atom is -0.324 e. The maximum Gasteiger partial charge on any atom is 0.346 e. The van der Waals surface area contributed by atoms with Crippen molar-refractivity contribution < 1.29 is 21.6 Å². The fraction of sp³-hybridized carbons (Fsp3) is 0.526. The van der Waals surface area contributed by atoms with Gasteiger partial charge in [0.05, 0.1) is 16.4 Å². The first kappa shape index (κ1) is 22.7. The van der Waals surface area contributed by atoms with Crippen LogP contribution in [0.25, 0.3) is 0 Å². The van der Waals surface area contributed by atoms with Crippen LogP contribution in [0.4, 0.5) is 5.69 Å². The highest BCUT2D eigenvalue weighted by atomic mass is 32.2. The second-order valence-corrected chi connectivity index (χ2v) is 12.1. The van der Waals surface area contributed by atoms with Gasteiger partial charge in [-0.25, -0.2) is 31.0 Å². The molecule has 1 aromatic heterocycles. The van der Waals surface area contributed by atoms with Gasteiger partial charge in [-0.2, -0.15) is 5.10 Å². The van der Waals surface area contributed by atoms with Crippen molar-refractivity contribution in [3.8, 4) is 0 Å². The average Bonchev–Trinajstić information content (AvgIpc) is 3.09. The molecule has 32 heavy (non-hydrogen) atoms. The molecule has 1 saturated heterocycles. The second-order valence-electron chi connectivity index (χ2n) is 8.11. The lowest BCUT2D eigenvalue weighted by Crippen LogP contribution is -2.35. The van der Waals surface area contributed by atoms with E-state index in [2.05, 4.69) is 15.1 Å². The van der Waals surface area contributed by atoms with Crippen LogP contribution in [0.3, 0.4) is 0 Å². The van der Waals surface area contributed by atoms with E-state index in [1.165, 1.54) is 24.3 Å². The summed E-state index contributed by atoms with van der Waals surface area (Å²) < 4.78 is 53.2. The second kappa shape index (κ2) is 8.79. The summed E-state index contributed by atoms with van der Waals surface area (Å²) in [5.41, 5.74) is 0.0599. The molecule has 1 unspecified atom stereocenters. The third kappa shape index (κ3) is 5.10. The maximum atomic E-state index is 12.5. The Morgan fingerprint density at radius 1 is 1.16 bits per heavy atom. The lowest BCUT2D eigenvalue weighted by Gasteiger charge is -2.12. The van der Waals surface area contributed by atoms with E-state index in [1.807, 2.05) is 0 Å². The van der Waals surface area contributed by atoms with E-state index in [-0.39, 0.29) is 35.1 Å². The number of nitrogens with zero attached hydrogens (tertiary/aromatic N) is 3. The Morgan fingerprint density at radius 2 is 1.91 bits per heavy atom. The van der Waals surface area contributed by atoms with Gasteiger partial charge in [-0.3, -0.25) is 9.36 Å². The Morgan fingerprint density at radius 3 is 2.59 bits per heavy atom. The largest absolute Gasteiger partial charge is 0.346 e. The summed E-state index contributed by atoms with van der Waals surface area (Å²) in [6, 6.07) is 4.87. The van der Waals surface area contributed by atoms with Gasteiger partial charge in [-0.1, -0.05) is 6.42 Å². The van der Waals surface area contributed by atoms with E-state index in [1.54, 1.807) is 4.57 Å². The smallest absolute Gasteiger partial charge is 0.324 e. The molecule has 1 fully saturated rings. The van der Waals surface area contributed by atoms with Gasteiger partial charge in [0.1, 0.15) is 12.4 Å². The van der Waals surface area contributed by atoms with Gasteiger partial charge in [0.25, 0.3) is 0 Å². The number of anilines is 1. The maximum absolute atomic E-state index is 12.5. The Labute approximate surface area is 185 Å². The van der Waals surface area contributed by atoms with Gasteiger partial charge >= 0.3 is 5.69 Å². The van der Waals surface area contributed by atoms with Crippen molar-refractivity contribution in [3.05, 3.63) is 40.6 Å². The zero-order valence-corrected chi connectivity index (χ0v) is 19.0. The fourth-order valence-electron chi connectivity index (χ4n) is 3.96. The van der Waals surface area contributed by atoms with Crippen molar-refractivity contribution in [1.82, 2.24) is 19.1 Å². The van der Waals surface area contributed by atoms with Crippen molar-refractivity contribution in [2.45, 2.75) is 56.1 Å². The number of rotatable bonds is 6. The molecule has 3 heterocycles. The third-order valence-electron chi connectivity index (χ3n) is 5.58. The minimum absolute atomic E-state index is 0.0335. The van der Waals surface area contributed by atoms with Crippen LogP contribution >= 0.6 is 0 Å². The first-order valence-electron chi connectivity index (χ1n) is 10.4. The third-order valence-corrected chi connectivity index (χ3v) is 8.88. The van der Waals surface area contributed by atoms with Crippen LogP contribution in [-0.2, 0) is 44.2 Å². The topological polar surface area (TPSA) is 149 Å². The van der Waals surface area contributed by atoms with E-state index >= 15 is 0 Å². The van der Waals surface area contributed by atoms with E-state index in [0.29, 0.717) is 24.5 Å². The Kier molecular flexibility index (Phi) is 6.23. The van der Waals surface area contributed by atoms with Gasteiger partial charge in [0, 0.05) is 24.7 Å². The summed E-state index contributed by atoms with van der Waals surface area (Å²) in [6.07, 6.45) is 3.87. The standard InChI is InChI=1S/C19H25N5O6S2/c25-18(12-24-19(26)23-10-3-1-2-4-17(23)21-24)20-14-5-7-16(8-6-14)32(29,30)22-15-9-11-31(27,28)13-15/h5-8,15,22H,1-4,9-13H2,(H,20,25). The van der Waals surface area contributed by atoms with Gasteiger partial charge in [0.15, 0.2) is 9.84 Å². The van der Waals surface area contributed by atoms with E-state index in [9.17, 15) is 26.4 Å². The highest BCUT2D eigenvalue weighted by Crippen LogP contribution is 2.18. The first-order chi connectivity index (χ1) is 15.1. The number of amides is 1. The summed E-state index contributed by atoms with van der Waals surface area (Å²) in [6.45, 7) is 0.364. The Hall–Kier alpha value is -2.51. The van der Waals surface area contributed by atoms with Gasteiger partial charge in [-0.05, 0) is 43.5 Å². The summed E-state index contributed by atoms with van der Waals surface area (Å²) in [5.74, 6) is -0.00626. The number of carbonyl (C=O) groups is 1. The number of hydrogen-bond donors (Lipinski definition) is 2. The van der Waals surface area contributed by atoms with Crippen molar-refractivity contribution >= 4 is 31.5 Å². The molecule has 0 radical (unpaired) electrons. The van der Waals surface area contributed by atoms with Gasteiger partial charge < -0.3 is 5.32 Å². The Bertz CT molecular complexity index is 1280. The average molecular weight is 484 g/mol. The van der Waals surface area contributed by atoms with Gasteiger partial charge in [0.2, 0.25) is 15.9 Å². The van der Waals surface area contributed by atoms with Crippen LogP contribution < -0.4 is 15.7 Å². The monoisotopic (exact) mass is 483 g/mol. The molecule has 1 atom stereocenters. The fourth-order valence-corrected chi connectivity index (χ4v) is 7.01. The molecular weight excluding hydrogens is 458 g/mol. The van der Waals surface area contributed by atoms with E-state index in [4.69, 9.17) is 0 Å². The zero-order chi connectivity index (χ0) is 22.9. The van der Waals surface area contributed by atoms with Crippen LogP contribution in [0.2, 0.25) is 0 Å². The predicted octanol–water partition coefficient (Wildman–Crippen LogP) is -0.125. The number of sulfone groups is 1. The molecule has 2 aliphatic heterocycles. The number of benzene rings is 1. The molecule has 0 spiro atoms. The molecule has 2 N–H and O–H groups in total. The van der Waals surface area contributed by atoms with Crippen molar-refractivity contribution in [3.63, 3.8) is 0 Å². The summed E-state index contributed by atoms with van der Waals surface area (Å²) in [7, 11) is -7.09. The molecule has 0 saturated carbocycles. The number of nitrogens with one attached hydrogen (secondary N) is 2. The molecule has 11 nitrogen and oxygen atoms in total. The number of carbonyl (C=O) groups excluding carboxylic acids is 1. The molecular formula is C19H25N5O6S2.